The summed E-state index contributed by atoms with van der Waals surface area (Å²) in [5.41, 5.74) is 2.78. The molecule has 3 heterocycles. The Hall–Kier alpha value is -3.42. The van der Waals surface area contributed by atoms with Crippen molar-refractivity contribution < 1.29 is 23.6 Å². The molecule has 0 radical (unpaired) electrons. The first-order valence-electron chi connectivity index (χ1n) is 9.21. The van der Waals surface area contributed by atoms with E-state index in [2.05, 4.69) is 5.16 Å². The van der Waals surface area contributed by atoms with Gasteiger partial charge in [-0.2, -0.15) is 0 Å². The molecule has 0 saturated heterocycles. The van der Waals surface area contributed by atoms with Gasteiger partial charge in [-0.3, -0.25) is 19.3 Å². The monoisotopic (exact) mass is 379 g/mol. The number of aromatic nitrogens is 1. The molecule has 3 amide bonds. The average Bonchev–Trinajstić information content (AvgIpc) is 3.31. The van der Waals surface area contributed by atoms with Gasteiger partial charge in [-0.25, -0.2) is 4.90 Å². The maximum Gasteiger partial charge on any atom is 0.265 e. The number of hydrogen-bond acceptors (Lipinski definition) is 6. The van der Waals surface area contributed by atoms with Crippen molar-refractivity contribution in [3.05, 3.63) is 47.4 Å². The summed E-state index contributed by atoms with van der Waals surface area (Å²) in [5, 5.41) is 3.86. The molecule has 3 aliphatic rings. The molecule has 0 fully saturated rings. The number of anilines is 2. The lowest BCUT2D eigenvalue weighted by atomic mass is 9.93. The Kier molecular flexibility index (Phi) is 3.78. The first kappa shape index (κ1) is 16.7. The minimum Gasteiger partial charge on any atom is -0.482 e. The highest BCUT2D eigenvalue weighted by Crippen LogP contribution is 2.40. The van der Waals surface area contributed by atoms with Gasteiger partial charge >= 0.3 is 0 Å². The van der Waals surface area contributed by atoms with Crippen LogP contribution >= 0.6 is 0 Å². The zero-order valence-corrected chi connectivity index (χ0v) is 15.0. The molecule has 1 aromatic carbocycles. The van der Waals surface area contributed by atoms with Crippen LogP contribution in [0.2, 0.25) is 0 Å². The van der Waals surface area contributed by atoms with Crippen LogP contribution < -0.4 is 14.5 Å². The molecule has 2 aromatic rings. The fourth-order valence-electron chi connectivity index (χ4n) is 3.96. The fourth-order valence-corrected chi connectivity index (χ4v) is 3.96. The van der Waals surface area contributed by atoms with Crippen LogP contribution in [0.25, 0.3) is 0 Å². The molecule has 0 bridgehead atoms. The van der Waals surface area contributed by atoms with Gasteiger partial charge in [-0.05, 0) is 43.9 Å². The van der Waals surface area contributed by atoms with E-state index in [0.29, 0.717) is 46.8 Å². The minimum atomic E-state index is -0.259. The molecule has 1 aromatic heterocycles. The summed E-state index contributed by atoms with van der Waals surface area (Å²) < 4.78 is 10.4. The van der Waals surface area contributed by atoms with Gasteiger partial charge < -0.3 is 9.26 Å². The zero-order chi connectivity index (χ0) is 19.3. The van der Waals surface area contributed by atoms with Crippen molar-refractivity contribution in [2.24, 2.45) is 0 Å². The van der Waals surface area contributed by atoms with E-state index in [4.69, 9.17) is 9.26 Å². The third kappa shape index (κ3) is 2.52. The number of fused-ring (bicyclic) bond motifs is 1. The maximum absolute atomic E-state index is 12.8. The highest BCUT2D eigenvalue weighted by molar-refractivity contribution is 6.33. The van der Waals surface area contributed by atoms with E-state index < -0.39 is 0 Å². The van der Waals surface area contributed by atoms with Gasteiger partial charge in [0, 0.05) is 17.2 Å². The standard InChI is InChI=1S/C20H17N3O5/c24-18-11-27-17-6-5-13(9-16(17)22(18)10-12-7-8-28-21-12)23-19(25)14-3-1-2-4-15(14)20(23)26/h5-9H,1-4,10-11H2. The Bertz CT molecular complexity index is 996. The molecular formula is C20H17N3O5. The Balaban J connectivity index is 1.52. The van der Waals surface area contributed by atoms with Crippen molar-refractivity contribution in [1.82, 2.24) is 5.16 Å². The second kappa shape index (κ2) is 6.33. The van der Waals surface area contributed by atoms with Gasteiger partial charge in [-0.1, -0.05) is 5.16 Å². The fraction of sp³-hybridized carbons (Fsp3) is 0.300. The first-order chi connectivity index (χ1) is 13.6. The van der Waals surface area contributed by atoms with Crippen LogP contribution in [0.4, 0.5) is 11.4 Å². The Morgan fingerprint density at radius 2 is 1.75 bits per heavy atom. The number of rotatable bonds is 3. The van der Waals surface area contributed by atoms with Gasteiger partial charge in [0.15, 0.2) is 6.61 Å². The van der Waals surface area contributed by atoms with Crippen LogP contribution in [-0.2, 0) is 20.9 Å². The molecule has 28 heavy (non-hydrogen) atoms. The summed E-state index contributed by atoms with van der Waals surface area (Å²) in [6.07, 6.45) is 4.56. The summed E-state index contributed by atoms with van der Waals surface area (Å²) in [6.45, 7) is 0.132. The van der Waals surface area contributed by atoms with E-state index >= 15 is 0 Å². The normalized spacial score (nSPS) is 19.1. The van der Waals surface area contributed by atoms with Gasteiger partial charge in [0.2, 0.25) is 0 Å². The quantitative estimate of drug-likeness (QED) is 0.760. The molecule has 8 heteroatoms. The number of nitrogens with zero attached hydrogens (tertiary/aromatic N) is 3. The highest BCUT2D eigenvalue weighted by Gasteiger charge is 2.40. The minimum absolute atomic E-state index is 0.0817. The molecule has 0 N–H and O–H groups in total. The van der Waals surface area contributed by atoms with Crippen LogP contribution in [0.1, 0.15) is 31.4 Å². The van der Waals surface area contributed by atoms with E-state index in [1.54, 1.807) is 24.3 Å². The molecule has 8 nitrogen and oxygen atoms in total. The molecule has 142 valence electrons. The maximum atomic E-state index is 12.8. The third-order valence-electron chi connectivity index (χ3n) is 5.35. The predicted molar refractivity (Wildman–Crippen MR) is 97.6 cm³/mol. The number of carbonyl (C=O) groups excluding carboxylic acids is 3. The molecule has 0 unspecified atom stereocenters. The third-order valence-corrected chi connectivity index (χ3v) is 5.35. The summed E-state index contributed by atoms with van der Waals surface area (Å²) in [5.74, 6) is -0.232. The van der Waals surface area contributed by atoms with Gasteiger partial charge in [0.1, 0.15) is 17.7 Å². The molecule has 0 atom stereocenters. The van der Waals surface area contributed by atoms with E-state index in [1.807, 2.05) is 0 Å². The van der Waals surface area contributed by atoms with E-state index in [0.717, 1.165) is 12.8 Å². The Morgan fingerprint density at radius 1 is 1.00 bits per heavy atom. The van der Waals surface area contributed by atoms with Crippen molar-refractivity contribution in [2.75, 3.05) is 16.4 Å². The summed E-state index contributed by atoms with van der Waals surface area (Å²) in [7, 11) is 0. The van der Waals surface area contributed by atoms with Crippen LogP contribution in [0.15, 0.2) is 46.2 Å². The van der Waals surface area contributed by atoms with Crippen molar-refractivity contribution >= 4 is 29.1 Å². The topological polar surface area (TPSA) is 93.0 Å². The Labute approximate surface area is 160 Å². The molecule has 5 rings (SSSR count). The number of imide groups is 1. The second-order valence-corrected chi connectivity index (χ2v) is 7.02. The van der Waals surface area contributed by atoms with Crippen molar-refractivity contribution in [3.8, 4) is 5.75 Å². The average molecular weight is 379 g/mol. The van der Waals surface area contributed by atoms with Gasteiger partial charge in [-0.15, -0.1) is 0 Å². The van der Waals surface area contributed by atoms with Gasteiger partial charge in [0.05, 0.1) is 17.9 Å². The number of hydrogen-bond donors (Lipinski definition) is 0. The SMILES string of the molecule is O=C1COc2ccc(N3C(=O)C4=C(CCCC4)C3=O)cc2N1Cc1ccon1. The van der Waals surface area contributed by atoms with E-state index in [-0.39, 0.29) is 30.9 Å². The highest BCUT2D eigenvalue weighted by atomic mass is 16.5. The van der Waals surface area contributed by atoms with Crippen molar-refractivity contribution in [1.29, 1.82) is 0 Å². The summed E-state index contributed by atoms with van der Waals surface area (Å²) in [4.78, 5) is 40.8. The number of amides is 3. The van der Waals surface area contributed by atoms with Crippen molar-refractivity contribution in [3.63, 3.8) is 0 Å². The van der Waals surface area contributed by atoms with Gasteiger partial charge in [0.25, 0.3) is 17.7 Å². The first-order valence-corrected chi connectivity index (χ1v) is 9.21. The van der Waals surface area contributed by atoms with Crippen molar-refractivity contribution in [2.45, 2.75) is 32.2 Å². The van der Waals surface area contributed by atoms with Crippen LogP contribution in [-0.4, -0.2) is 29.5 Å². The Morgan fingerprint density at radius 3 is 2.43 bits per heavy atom. The lowest BCUT2D eigenvalue weighted by molar-refractivity contribution is -0.122. The number of benzene rings is 1. The van der Waals surface area contributed by atoms with E-state index in [1.165, 1.54) is 16.1 Å². The number of ether oxygens (including phenoxy) is 1. The van der Waals surface area contributed by atoms with Crippen LogP contribution in [0, 0.1) is 0 Å². The zero-order valence-electron chi connectivity index (χ0n) is 15.0. The number of carbonyl (C=O) groups is 3. The molecule has 1 aliphatic carbocycles. The lowest BCUT2D eigenvalue weighted by Crippen LogP contribution is -2.39. The lowest BCUT2D eigenvalue weighted by Gasteiger charge is -2.30. The molecule has 0 spiro atoms. The summed E-state index contributed by atoms with van der Waals surface area (Å²) in [6, 6.07) is 6.69. The molecule has 0 saturated carbocycles. The van der Waals surface area contributed by atoms with Crippen LogP contribution in [0.3, 0.4) is 0 Å². The smallest absolute Gasteiger partial charge is 0.265 e. The second-order valence-electron chi connectivity index (χ2n) is 7.02. The van der Waals surface area contributed by atoms with E-state index in [9.17, 15) is 14.4 Å². The molecular weight excluding hydrogens is 362 g/mol. The van der Waals surface area contributed by atoms with Crippen LogP contribution in [0.5, 0.6) is 5.75 Å². The summed E-state index contributed by atoms with van der Waals surface area (Å²) >= 11 is 0. The molecule has 2 aliphatic heterocycles. The largest absolute Gasteiger partial charge is 0.482 e. The predicted octanol–water partition coefficient (Wildman–Crippen LogP) is 2.34.